The summed E-state index contributed by atoms with van der Waals surface area (Å²) in [5.41, 5.74) is 0. The number of esters is 4. The molecule has 0 spiro atoms. The van der Waals surface area contributed by atoms with Crippen molar-refractivity contribution in [1.29, 1.82) is 0 Å². The SMILES string of the molecule is COC[C@H](F)C1O[C@@H](O[P@@](=O)(N[C@@H](C)C(=O)OC(C)C)Oc2ccccc2)[C@H](OC(C)=O)C(OC(C)=O)[C@@H]1OC(C)=O. The maximum absolute atomic E-state index is 15.4. The van der Waals surface area contributed by atoms with E-state index in [0.717, 1.165) is 20.8 Å². The van der Waals surface area contributed by atoms with Crippen molar-refractivity contribution in [3.8, 4) is 5.75 Å². The Morgan fingerprint density at radius 1 is 0.929 bits per heavy atom. The minimum Gasteiger partial charge on any atom is -0.462 e. The van der Waals surface area contributed by atoms with E-state index in [1.165, 1.54) is 26.2 Å². The van der Waals surface area contributed by atoms with Crippen molar-refractivity contribution in [3.63, 3.8) is 0 Å². The van der Waals surface area contributed by atoms with Gasteiger partial charge in [0.25, 0.3) is 0 Å². The smallest absolute Gasteiger partial charge is 0.461 e. The molecule has 1 heterocycles. The summed E-state index contributed by atoms with van der Waals surface area (Å²) in [5.74, 6) is -3.51. The molecule has 42 heavy (non-hydrogen) atoms. The number of alkyl halides is 1. The lowest BCUT2D eigenvalue weighted by Gasteiger charge is -2.45. The number of carbonyl (C=O) groups excluding carboxylic acids is 4. The largest absolute Gasteiger partial charge is 0.462 e. The summed E-state index contributed by atoms with van der Waals surface area (Å²) >= 11 is 0. The number of hydrogen-bond acceptors (Lipinski definition) is 13. The third-order valence-corrected chi connectivity index (χ3v) is 7.03. The van der Waals surface area contributed by atoms with Crippen molar-refractivity contribution in [2.45, 2.75) is 90.6 Å². The minimum absolute atomic E-state index is 0.0335. The summed E-state index contributed by atoms with van der Waals surface area (Å²) in [4.78, 5) is 48.7. The Balaban J connectivity index is 2.60. The highest BCUT2D eigenvalue weighted by molar-refractivity contribution is 7.52. The van der Waals surface area contributed by atoms with Gasteiger partial charge in [-0.05, 0) is 32.9 Å². The molecular weight excluding hydrogens is 584 g/mol. The highest BCUT2D eigenvalue weighted by atomic mass is 31.2. The Morgan fingerprint density at radius 3 is 2.00 bits per heavy atom. The maximum Gasteiger partial charge on any atom is 0.461 e. The average Bonchev–Trinajstić information content (AvgIpc) is 2.86. The Labute approximate surface area is 243 Å². The second-order valence-corrected chi connectivity index (χ2v) is 11.2. The van der Waals surface area contributed by atoms with Gasteiger partial charge in [-0.1, -0.05) is 18.2 Å². The Morgan fingerprint density at radius 2 is 1.48 bits per heavy atom. The third kappa shape index (κ3) is 10.6. The van der Waals surface area contributed by atoms with Gasteiger partial charge in [-0.2, -0.15) is 5.09 Å². The molecule has 0 aliphatic carbocycles. The molecule has 1 aliphatic heterocycles. The molecule has 0 radical (unpaired) electrons. The van der Waals surface area contributed by atoms with Crippen LogP contribution in [-0.2, 0) is 56.7 Å². The molecule has 0 saturated carbocycles. The van der Waals surface area contributed by atoms with Gasteiger partial charge in [-0.3, -0.25) is 23.7 Å². The maximum atomic E-state index is 15.4. The normalized spacial score (nSPS) is 24.9. The van der Waals surface area contributed by atoms with E-state index in [9.17, 15) is 23.7 Å². The van der Waals surface area contributed by atoms with Gasteiger partial charge in [0, 0.05) is 27.9 Å². The van der Waals surface area contributed by atoms with Gasteiger partial charge >= 0.3 is 31.6 Å². The summed E-state index contributed by atoms with van der Waals surface area (Å²) in [5, 5.41) is 2.44. The van der Waals surface area contributed by atoms with Crippen LogP contribution in [0.5, 0.6) is 5.75 Å². The Hall–Kier alpha value is -3.10. The molecule has 1 aromatic rings. The third-order valence-electron chi connectivity index (χ3n) is 5.39. The molecule has 1 N–H and O–H groups in total. The standard InChI is InChI=1S/C26H37FNO13P/c1-14(2)35-25(32)15(3)28-42(33,40-19-11-9-8-10-12-19)41-26-24(38-18(6)31)23(37-17(5)30)22(36-16(4)29)21(39-26)20(27)13-34-7/h8-12,14-15,20-24,26H,13H2,1-7H3,(H,28,33)/t15-,20-,21?,22+,23?,24+,26-,42+/m0/s1. The van der Waals surface area contributed by atoms with Crippen LogP contribution in [0, 0.1) is 0 Å². The quantitative estimate of drug-likeness (QED) is 0.183. The Kier molecular flexibility index (Phi) is 13.3. The van der Waals surface area contributed by atoms with E-state index >= 15 is 4.39 Å². The first-order valence-corrected chi connectivity index (χ1v) is 14.5. The predicted octanol–water partition coefficient (Wildman–Crippen LogP) is 2.62. The lowest BCUT2D eigenvalue weighted by Crippen LogP contribution is -2.64. The number of ether oxygens (including phenoxy) is 6. The van der Waals surface area contributed by atoms with Crippen molar-refractivity contribution in [2.75, 3.05) is 13.7 Å². The van der Waals surface area contributed by atoms with Crippen molar-refractivity contribution >= 4 is 31.6 Å². The fourth-order valence-electron chi connectivity index (χ4n) is 3.89. The summed E-state index contributed by atoms with van der Waals surface area (Å²) in [6.07, 6.45) is -11.3. The molecule has 8 atom stereocenters. The van der Waals surface area contributed by atoms with E-state index in [0.29, 0.717) is 0 Å². The number of hydrogen-bond donors (Lipinski definition) is 1. The van der Waals surface area contributed by atoms with Gasteiger partial charge in [-0.25, -0.2) is 8.96 Å². The van der Waals surface area contributed by atoms with Gasteiger partial charge in [0.2, 0.25) is 6.29 Å². The first-order chi connectivity index (χ1) is 19.7. The molecular formula is C26H37FNO13P. The summed E-state index contributed by atoms with van der Waals surface area (Å²) in [7, 11) is -3.49. The molecule has 1 aliphatic rings. The zero-order chi connectivity index (χ0) is 31.6. The first-order valence-electron chi connectivity index (χ1n) is 13.0. The molecule has 0 aromatic heterocycles. The van der Waals surface area contributed by atoms with E-state index in [4.69, 9.17) is 37.5 Å². The molecule has 236 valence electrons. The lowest BCUT2D eigenvalue weighted by molar-refractivity contribution is -0.295. The van der Waals surface area contributed by atoms with E-state index in [1.54, 1.807) is 32.0 Å². The number of benzene rings is 1. The molecule has 16 heteroatoms. The van der Waals surface area contributed by atoms with Crippen LogP contribution < -0.4 is 9.61 Å². The molecule has 1 saturated heterocycles. The second kappa shape index (κ2) is 15.9. The lowest BCUT2D eigenvalue weighted by atomic mass is 9.95. The van der Waals surface area contributed by atoms with Crippen molar-refractivity contribution in [2.24, 2.45) is 0 Å². The molecule has 0 amide bonds. The zero-order valence-corrected chi connectivity index (χ0v) is 25.2. The molecule has 14 nitrogen and oxygen atoms in total. The van der Waals surface area contributed by atoms with Gasteiger partial charge in [0.05, 0.1) is 12.7 Å². The van der Waals surface area contributed by atoms with Gasteiger partial charge < -0.3 is 32.9 Å². The topological polar surface area (TPSA) is 171 Å². The van der Waals surface area contributed by atoms with Crippen LogP contribution in [0.1, 0.15) is 41.5 Å². The van der Waals surface area contributed by atoms with E-state index in [1.807, 2.05) is 0 Å². The van der Waals surface area contributed by atoms with E-state index in [-0.39, 0.29) is 5.75 Å². The van der Waals surface area contributed by atoms with Crippen LogP contribution >= 0.6 is 7.75 Å². The summed E-state index contributed by atoms with van der Waals surface area (Å²) in [6.45, 7) is 7.06. The Bertz CT molecular complexity index is 1120. The number of nitrogens with one attached hydrogen (secondary N) is 1. The van der Waals surface area contributed by atoms with Crippen LogP contribution in [0.2, 0.25) is 0 Å². The summed E-state index contributed by atoms with van der Waals surface area (Å²) < 4.78 is 72.5. The average molecular weight is 622 g/mol. The van der Waals surface area contributed by atoms with Crippen LogP contribution in [0.4, 0.5) is 4.39 Å². The highest BCUT2D eigenvalue weighted by Crippen LogP contribution is 2.48. The van der Waals surface area contributed by atoms with E-state index in [2.05, 4.69) is 5.09 Å². The number of methoxy groups -OCH3 is 1. The number of para-hydroxylation sites is 1. The number of halogens is 1. The van der Waals surface area contributed by atoms with Gasteiger partial charge in [-0.15, -0.1) is 0 Å². The fraction of sp³-hybridized carbons (Fsp3) is 0.615. The molecule has 2 unspecified atom stereocenters. The van der Waals surface area contributed by atoms with Crippen LogP contribution in [0.15, 0.2) is 30.3 Å². The zero-order valence-electron chi connectivity index (χ0n) is 24.3. The van der Waals surface area contributed by atoms with Crippen molar-refractivity contribution < 1.29 is 65.6 Å². The van der Waals surface area contributed by atoms with Crippen LogP contribution in [0.3, 0.4) is 0 Å². The van der Waals surface area contributed by atoms with Gasteiger partial charge in [0.15, 0.2) is 24.5 Å². The number of rotatable bonds is 14. The minimum atomic E-state index is -4.69. The predicted molar refractivity (Wildman–Crippen MR) is 142 cm³/mol. The second-order valence-electron chi connectivity index (χ2n) is 9.51. The van der Waals surface area contributed by atoms with Crippen molar-refractivity contribution in [1.82, 2.24) is 5.09 Å². The molecule has 1 aromatic carbocycles. The van der Waals surface area contributed by atoms with Crippen molar-refractivity contribution in [3.05, 3.63) is 30.3 Å². The van der Waals surface area contributed by atoms with Gasteiger partial charge in [0.1, 0.15) is 17.9 Å². The molecule has 1 fully saturated rings. The first kappa shape index (κ1) is 35.1. The highest BCUT2D eigenvalue weighted by Gasteiger charge is 2.56. The van der Waals surface area contributed by atoms with E-state index < -0.39 is 87.3 Å². The monoisotopic (exact) mass is 621 g/mol. The number of carbonyl (C=O) groups is 4. The molecule has 0 bridgehead atoms. The van der Waals surface area contributed by atoms with Crippen LogP contribution in [0.25, 0.3) is 0 Å². The molecule has 2 rings (SSSR count). The van der Waals surface area contributed by atoms with Crippen LogP contribution in [-0.4, -0.2) is 86.6 Å². The summed E-state index contributed by atoms with van der Waals surface area (Å²) in [6, 6.07) is 6.42. The fourth-order valence-corrected chi connectivity index (χ4v) is 5.47.